The molecular weight excluding hydrogens is 494 g/mol. The van der Waals surface area contributed by atoms with Crippen molar-refractivity contribution >= 4 is 40.9 Å². The molecule has 7 heteroatoms. The molecule has 0 aliphatic carbocycles. The Kier molecular flexibility index (Phi) is 11.6. The molecule has 0 aliphatic heterocycles. The molecule has 1 N–H and O–H groups in total. The smallest absolute Gasteiger partial charge is 0.412 e. The zero-order valence-electron chi connectivity index (χ0n) is 23.7. The van der Waals surface area contributed by atoms with Gasteiger partial charge in [-0.15, -0.1) is 11.8 Å². The number of hydrogen-bond donors (Lipinski definition) is 1. The van der Waals surface area contributed by atoms with Crippen LogP contribution >= 0.6 is 11.8 Å². The topological polar surface area (TPSA) is 72.7 Å². The van der Waals surface area contributed by atoms with Crippen molar-refractivity contribution in [2.75, 3.05) is 11.6 Å². The van der Waals surface area contributed by atoms with E-state index in [9.17, 15) is 9.59 Å². The van der Waals surface area contributed by atoms with E-state index in [0.29, 0.717) is 16.9 Å². The van der Waals surface area contributed by atoms with Crippen LogP contribution in [0.25, 0.3) is 29.1 Å². The number of amides is 1. The Morgan fingerprint density at radius 2 is 1.76 bits per heavy atom. The Bertz CT molecular complexity index is 1440. The maximum Gasteiger partial charge on any atom is 0.412 e. The van der Waals surface area contributed by atoms with Crippen molar-refractivity contribution in [2.45, 2.75) is 60.5 Å². The molecule has 0 bridgehead atoms. The molecule has 3 aromatic rings. The number of carbonyl (C=O) groups excluding carboxylic acids is 1. The Balaban J connectivity index is 0.00000247. The van der Waals surface area contributed by atoms with E-state index in [4.69, 9.17) is 4.74 Å². The molecule has 0 saturated carbocycles. The van der Waals surface area contributed by atoms with E-state index in [1.165, 1.54) is 0 Å². The summed E-state index contributed by atoms with van der Waals surface area (Å²) in [4.78, 5) is 30.9. The van der Waals surface area contributed by atoms with Gasteiger partial charge in [0.25, 0.3) is 5.56 Å². The number of carbonyl (C=O) groups is 1. The zero-order chi connectivity index (χ0) is 28.3. The molecule has 0 aliphatic rings. The SMILES string of the molecule is CC.CC/C=c1/c(=C\N=C(C)SC)cc(-c2ccccc2)c(=O)n1-c1cccc(NC(=O)OC(C)(C)C)c1. The van der Waals surface area contributed by atoms with Crippen LogP contribution in [0.1, 0.15) is 54.9 Å². The normalized spacial score (nSPS) is 12.6. The van der Waals surface area contributed by atoms with Crippen LogP contribution in [0.5, 0.6) is 0 Å². The van der Waals surface area contributed by atoms with Crippen LogP contribution in [-0.2, 0) is 4.74 Å². The van der Waals surface area contributed by atoms with Crippen molar-refractivity contribution in [2.24, 2.45) is 4.99 Å². The molecule has 1 aromatic heterocycles. The summed E-state index contributed by atoms with van der Waals surface area (Å²) < 4.78 is 7.07. The van der Waals surface area contributed by atoms with Gasteiger partial charge in [0, 0.05) is 22.7 Å². The number of aliphatic imine (C=N–C) groups is 1. The molecule has 0 atom stereocenters. The number of anilines is 1. The minimum Gasteiger partial charge on any atom is -0.444 e. The van der Waals surface area contributed by atoms with Gasteiger partial charge in [-0.25, -0.2) is 4.79 Å². The highest BCUT2D eigenvalue weighted by Gasteiger charge is 2.17. The largest absolute Gasteiger partial charge is 0.444 e. The zero-order valence-corrected chi connectivity index (χ0v) is 24.5. The first-order chi connectivity index (χ1) is 18.1. The van der Waals surface area contributed by atoms with Crippen molar-refractivity contribution in [1.29, 1.82) is 0 Å². The number of ether oxygens (including phenoxy) is 1. The maximum atomic E-state index is 13.9. The lowest BCUT2D eigenvalue weighted by Gasteiger charge is -2.20. The molecule has 202 valence electrons. The Morgan fingerprint density at radius 1 is 1.08 bits per heavy atom. The van der Waals surface area contributed by atoms with Gasteiger partial charge in [-0.2, -0.15) is 0 Å². The average molecular weight is 534 g/mol. The van der Waals surface area contributed by atoms with Crippen molar-refractivity contribution in [3.8, 4) is 16.8 Å². The van der Waals surface area contributed by atoms with Crippen LogP contribution in [0, 0.1) is 0 Å². The van der Waals surface area contributed by atoms with Gasteiger partial charge >= 0.3 is 6.09 Å². The number of thioether (sulfide) groups is 1. The number of aromatic nitrogens is 1. The summed E-state index contributed by atoms with van der Waals surface area (Å²) >= 11 is 1.57. The minimum atomic E-state index is -0.619. The molecule has 6 nitrogen and oxygen atoms in total. The quantitative estimate of drug-likeness (QED) is 0.297. The van der Waals surface area contributed by atoms with E-state index >= 15 is 0 Å². The van der Waals surface area contributed by atoms with E-state index in [2.05, 4.69) is 10.3 Å². The van der Waals surface area contributed by atoms with Gasteiger partial charge in [-0.3, -0.25) is 19.7 Å². The first-order valence-corrected chi connectivity index (χ1v) is 14.1. The number of nitrogens with one attached hydrogen (secondary N) is 1. The first-order valence-electron chi connectivity index (χ1n) is 12.8. The number of rotatable bonds is 5. The van der Waals surface area contributed by atoms with Crippen LogP contribution in [0.3, 0.4) is 0 Å². The van der Waals surface area contributed by atoms with E-state index in [0.717, 1.165) is 27.6 Å². The highest BCUT2D eigenvalue weighted by molar-refractivity contribution is 8.13. The van der Waals surface area contributed by atoms with Gasteiger partial charge in [-0.1, -0.05) is 63.2 Å². The van der Waals surface area contributed by atoms with Crippen LogP contribution < -0.4 is 21.4 Å². The Morgan fingerprint density at radius 3 is 2.37 bits per heavy atom. The summed E-state index contributed by atoms with van der Waals surface area (Å²) in [6.45, 7) is 13.4. The summed E-state index contributed by atoms with van der Waals surface area (Å²) in [6.07, 6.45) is 5.97. The van der Waals surface area contributed by atoms with Crippen molar-refractivity contribution in [3.63, 3.8) is 0 Å². The first kappa shape index (κ1) is 30.6. The summed E-state index contributed by atoms with van der Waals surface area (Å²) in [5.41, 5.74) is 1.78. The monoisotopic (exact) mass is 533 g/mol. The molecule has 38 heavy (non-hydrogen) atoms. The predicted octanol–water partition coefficient (Wildman–Crippen LogP) is 6.59. The van der Waals surface area contributed by atoms with Crippen molar-refractivity contribution in [1.82, 2.24) is 4.57 Å². The van der Waals surface area contributed by atoms with E-state index < -0.39 is 11.7 Å². The lowest BCUT2D eigenvalue weighted by Crippen LogP contribution is -2.43. The summed E-state index contributed by atoms with van der Waals surface area (Å²) in [6, 6.07) is 18.7. The van der Waals surface area contributed by atoms with Crippen LogP contribution in [-0.4, -0.2) is 27.6 Å². The van der Waals surface area contributed by atoms with Gasteiger partial charge < -0.3 is 4.74 Å². The van der Waals surface area contributed by atoms with Gasteiger partial charge in [0.1, 0.15) is 5.60 Å². The Labute approximate surface area is 230 Å². The third-order valence-corrected chi connectivity index (χ3v) is 5.88. The van der Waals surface area contributed by atoms with E-state index in [1.807, 2.05) is 103 Å². The van der Waals surface area contributed by atoms with Gasteiger partial charge in [0.05, 0.1) is 16.1 Å². The maximum absolute atomic E-state index is 13.9. The van der Waals surface area contributed by atoms with Crippen molar-refractivity contribution in [3.05, 3.63) is 81.6 Å². The second-order valence-electron chi connectivity index (χ2n) is 9.18. The van der Waals surface area contributed by atoms with E-state index in [1.54, 1.807) is 40.7 Å². The predicted molar refractivity (Wildman–Crippen MR) is 164 cm³/mol. The fourth-order valence-corrected chi connectivity index (χ4v) is 3.75. The van der Waals surface area contributed by atoms with Crippen LogP contribution in [0.2, 0.25) is 0 Å². The average Bonchev–Trinajstić information content (AvgIpc) is 2.89. The summed E-state index contributed by atoms with van der Waals surface area (Å²) in [5.74, 6) is 0. The summed E-state index contributed by atoms with van der Waals surface area (Å²) in [7, 11) is 0. The third-order valence-electron chi connectivity index (χ3n) is 5.18. The minimum absolute atomic E-state index is 0.155. The summed E-state index contributed by atoms with van der Waals surface area (Å²) in [5, 5.41) is 5.26. The lowest BCUT2D eigenvalue weighted by atomic mass is 10.1. The molecule has 1 amide bonds. The molecule has 0 radical (unpaired) electrons. The van der Waals surface area contributed by atoms with E-state index in [-0.39, 0.29) is 5.56 Å². The molecule has 0 spiro atoms. The number of pyridine rings is 1. The van der Waals surface area contributed by atoms with Gasteiger partial charge in [-0.05, 0) is 70.2 Å². The lowest BCUT2D eigenvalue weighted by molar-refractivity contribution is 0.0636. The molecule has 0 fully saturated rings. The highest BCUT2D eigenvalue weighted by atomic mass is 32.2. The second kappa shape index (κ2) is 14.4. The molecular formula is C31H39N3O3S. The number of nitrogens with zero attached hydrogens (tertiary/aromatic N) is 2. The van der Waals surface area contributed by atoms with Gasteiger partial charge in [0.2, 0.25) is 0 Å². The number of hydrogen-bond acceptors (Lipinski definition) is 5. The molecule has 0 unspecified atom stereocenters. The molecule has 0 saturated heterocycles. The Hall–Kier alpha value is -3.58. The van der Waals surface area contributed by atoms with Crippen LogP contribution in [0.4, 0.5) is 10.5 Å². The standard InChI is InChI=1S/C29H33N3O3S.C2H6/c1-7-12-26-22(19-30-20(2)36-6)17-25(21-13-9-8-10-14-21)27(33)32(26)24-16-11-15-23(18-24)31-28(34)35-29(3,4)5;1-2/h8-19H,7H2,1-6H3,(H,31,34);1-2H3/b22-19-,26-12-,30-20?;. The van der Waals surface area contributed by atoms with Gasteiger partial charge in [0.15, 0.2) is 0 Å². The number of benzene rings is 2. The second-order valence-corrected chi connectivity index (χ2v) is 10.2. The fraction of sp³-hybridized carbons (Fsp3) is 0.323. The third kappa shape index (κ3) is 8.48. The van der Waals surface area contributed by atoms with Crippen LogP contribution in [0.15, 0.2) is 70.5 Å². The highest BCUT2D eigenvalue weighted by Crippen LogP contribution is 2.17. The molecule has 1 heterocycles. The fourth-order valence-electron chi connectivity index (χ4n) is 3.59. The molecule has 3 rings (SSSR count). The molecule has 2 aromatic carbocycles. The van der Waals surface area contributed by atoms with Crippen molar-refractivity contribution < 1.29 is 9.53 Å².